The molecule has 0 bridgehead atoms. The molecule has 2 aliphatic heterocycles. The van der Waals surface area contributed by atoms with Crippen molar-refractivity contribution in [1.29, 1.82) is 0 Å². The van der Waals surface area contributed by atoms with Gasteiger partial charge in [-0.2, -0.15) is 0 Å². The minimum Gasteiger partial charge on any atom is -0.487 e. The van der Waals surface area contributed by atoms with Crippen LogP contribution in [0.4, 0.5) is 17.2 Å². The number of anilines is 3. The molecule has 0 unspecified atom stereocenters. The average Bonchev–Trinajstić information content (AvgIpc) is 3.24. The van der Waals surface area contributed by atoms with Gasteiger partial charge in [-0.25, -0.2) is 9.59 Å². The second-order valence-electron chi connectivity index (χ2n) is 9.98. The van der Waals surface area contributed by atoms with Crippen molar-refractivity contribution in [2.45, 2.75) is 19.4 Å². The first-order valence-electron chi connectivity index (χ1n) is 13.0. The number of aromatic nitrogens is 2. The normalized spacial score (nSPS) is 15.7. The van der Waals surface area contributed by atoms with Gasteiger partial charge in [-0.15, -0.1) is 0 Å². The first-order chi connectivity index (χ1) is 18.7. The number of carboxylic acids is 1. The molecule has 0 saturated carbocycles. The fourth-order valence-electron chi connectivity index (χ4n) is 5.34. The second kappa shape index (κ2) is 11.2. The molecule has 1 aromatic heterocycles. The zero-order chi connectivity index (χ0) is 27.7. The summed E-state index contributed by atoms with van der Waals surface area (Å²) in [6.45, 7) is 5.04. The maximum Gasteiger partial charge on any atom is 0.335 e. The van der Waals surface area contributed by atoms with E-state index in [4.69, 9.17) is 16.3 Å². The van der Waals surface area contributed by atoms with E-state index in [2.05, 4.69) is 14.7 Å². The summed E-state index contributed by atoms with van der Waals surface area (Å²) in [6, 6.07) is 12.2. The third kappa shape index (κ3) is 5.53. The summed E-state index contributed by atoms with van der Waals surface area (Å²) in [5, 5.41) is 10.2. The van der Waals surface area contributed by atoms with Crippen molar-refractivity contribution in [3.8, 4) is 5.75 Å². The van der Waals surface area contributed by atoms with E-state index in [9.17, 15) is 19.5 Å². The Balaban J connectivity index is 1.31. The van der Waals surface area contributed by atoms with E-state index in [1.165, 1.54) is 17.7 Å². The van der Waals surface area contributed by atoms with Crippen molar-refractivity contribution in [1.82, 2.24) is 14.0 Å². The van der Waals surface area contributed by atoms with E-state index in [0.29, 0.717) is 36.3 Å². The topological polar surface area (TPSA) is 100 Å². The Labute approximate surface area is 231 Å². The number of fused-ring (bicyclic) bond motifs is 2. The van der Waals surface area contributed by atoms with Gasteiger partial charge in [0.15, 0.2) is 0 Å². The van der Waals surface area contributed by atoms with Gasteiger partial charge in [0.25, 0.3) is 5.56 Å². The van der Waals surface area contributed by atoms with Crippen LogP contribution in [0.15, 0.2) is 52.1 Å². The first-order valence-corrected chi connectivity index (χ1v) is 13.4. The Morgan fingerprint density at radius 1 is 0.949 bits per heavy atom. The number of benzene rings is 2. The third-order valence-corrected chi connectivity index (χ3v) is 7.72. The molecule has 10 nitrogen and oxygen atoms in total. The van der Waals surface area contributed by atoms with Crippen molar-refractivity contribution in [2.24, 2.45) is 14.1 Å². The maximum absolute atomic E-state index is 12.4. The summed E-state index contributed by atoms with van der Waals surface area (Å²) < 4.78 is 8.69. The lowest BCUT2D eigenvalue weighted by Gasteiger charge is -2.28. The summed E-state index contributed by atoms with van der Waals surface area (Å²) in [5.74, 6) is 0.300. The van der Waals surface area contributed by atoms with Gasteiger partial charge in [-0.1, -0.05) is 11.6 Å². The van der Waals surface area contributed by atoms with Crippen molar-refractivity contribution in [3.05, 3.63) is 79.5 Å². The van der Waals surface area contributed by atoms with Crippen LogP contribution in [-0.4, -0.2) is 64.4 Å². The van der Waals surface area contributed by atoms with Crippen LogP contribution in [0, 0.1) is 0 Å². The fourth-order valence-corrected chi connectivity index (χ4v) is 5.54. The van der Waals surface area contributed by atoms with Crippen molar-refractivity contribution in [2.75, 3.05) is 49.1 Å². The molecule has 1 saturated heterocycles. The Kier molecular flexibility index (Phi) is 7.67. The molecule has 3 heterocycles. The summed E-state index contributed by atoms with van der Waals surface area (Å²) in [7, 11) is 3.19. The van der Waals surface area contributed by atoms with Gasteiger partial charge < -0.3 is 24.5 Å². The van der Waals surface area contributed by atoms with E-state index < -0.39 is 5.97 Å². The molecule has 11 heteroatoms. The number of rotatable bonds is 6. The van der Waals surface area contributed by atoms with E-state index in [-0.39, 0.29) is 16.8 Å². The number of carboxylic acid groups (broad SMARTS) is 1. The zero-order valence-corrected chi connectivity index (χ0v) is 22.9. The SMILES string of the molecule is Cn1c(N2CCCN(CCCN3c4ccc(Cl)cc4COc4ccc(C(=O)O)cc43)CC2)cc(=O)n(C)c1=O. The molecular weight excluding hydrogens is 522 g/mol. The maximum atomic E-state index is 12.4. The molecule has 2 aromatic carbocycles. The molecule has 0 aliphatic carbocycles. The van der Waals surface area contributed by atoms with Gasteiger partial charge in [0.1, 0.15) is 18.2 Å². The predicted molar refractivity (Wildman–Crippen MR) is 151 cm³/mol. The Bertz CT molecular complexity index is 1520. The van der Waals surface area contributed by atoms with Gasteiger partial charge in [0, 0.05) is 62.6 Å². The standard InChI is InChI=1S/C28H32ClN5O5/c1-30-25(17-26(35)31(2)28(30)38)33-11-3-9-32(13-14-33)10-4-12-34-22-7-6-21(29)15-20(22)18-39-24-8-5-19(27(36)37)16-23(24)34/h5-8,15-17H,3-4,9-14,18H2,1-2H3,(H,36,37). The van der Waals surface area contributed by atoms with Crippen LogP contribution in [0.25, 0.3) is 0 Å². The molecule has 1 N–H and O–H groups in total. The average molecular weight is 554 g/mol. The van der Waals surface area contributed by atoms with Gasteiger partial charge in [-0.05, 0) is 62.3 Å². The summed E-state index contributed by atoms with van der Waals surface area (Å²) in [4.78, 5) is 43.0. The molecule has 39 heavy (non-hydrogen) atoms. The molecular formula is C28H32ClN5O5. The van der Waals surface area contributed by atoms with Crippen molar-refractivity contribution in [3.63, 3.8) is 0 Å². The predicted octanol–water partition coefficient (Wildman–Crippen LogP) is 3.07. The molecule has 1 fully saturated rings. The lowest BCUT2D eigenvalue weighted by molar-refractivity contribution is 0.0697. The van der Waals surface area contributed by atoms with Crippen LogP contribution in [0.3, 0.4) is 0 Å². The van der Waals surface area contributed by atoms with Gasteiger partial charge >= 0.3 is 11.7 Å². The fraction of sp³-hybridized carbons (Fsp3) is 0.393. The lowest BCUT2D eigenvalue weighted by Crippen LogP contribution is -2.41. The largest absolute Gasteiger partial charge is 0.487 e. The number of aromatic carboxylic acids is 1. The molecule has 5 rings (SSSR count). The molecule has 0 atom stereocenters. The number of hydrogen-bond acceptors (Lipinski definition) is 7. The number of halogens is 1. The van der Waals surface area contributed by atoms with Crippen LogP contribution in [0.2, 0.25) is 5.02 Å². The summed E-state index contributed by atoms with van der Waals surface area (Å²) >= 11 is 6.27. The highest BCUT2D eigenvalue weighted by Crippen LogP contribution is 2.41. The minimum atomic E-state index is -0.985. The number of hydrogen-bond donors (Lipinski definition) is 1. The van der Waals surface area contributed by atoms with Crippen LogP contribution >= 0.6 is 11.6 Å². The Morgan fingerprint density at radius 3 is 2.56 bits per heavy atom. The van der Waals surface area contributed by atoms with Gasteiger partial charge in [0.2, 0.25) is 0 Å². The summed E-state index contributed by atoms with van der Waals surface area (Å²) in [5.41, 5.74) is 2.20. The zero-order valence-electron chi connectivity index (χ0n) is 22.1. The second-order valence-corrected chi connectivity index (χ2v) is 10.4. The van der Waals surface area contributed by atoms with Crippen LogP contribution in [-0.2, 0) is 20.7 Å². The smallest absolute Gasteiger partial charge is 0.335 e. The molecule has 0 radical (unpaired) electrons. The first kappa shape index (κ1) is 26.8. The lowest BCUT2D eigenvalue weighted by atomic mass is 10.1. The highest BCUT2D eigenvalue weighted by atomic mass is 35.5. The highest BCUT2D eigenvalue weighted by Gasteiger charge is 2.24. The van der Waals surface area contributed by atoms with Crippen LogP contribution < -0.4 is 25.8 Å². The van der Waals surface area contributed by atoms with Crippen LogP contribution in [0.1, 0.15) is 28.8 Å². The quantitative estimate of drug-likeness (QED) is 0.497. The van der Waals surface area contributed by atoms with E-state index >= 15 is 0 Å². The van der Waals surface area contributed by atoms with Crippen molar-refractivity contribution >= 4 is 34.8 Å². The number of ether oxygens (including phenoxy) is 1. The van der Waals surface area contributed by atoms with Gasteiger partial charge in [0.05, 0.1) is 11.3 Å². The van der Waals surface area contributed by atoms with Crippen LogP contribution in [0.5, 0.6) is 5.75 Å². The summed E-state index contributed by atoms with van der Waals surface area (Å²) in [6.07, 6.45) is 1.75. The highest BCUT2D eigenvalue weighted by molar-refractivity contribution is 6.30. The Hall–Kier alpha value is -3.76. The Morgan fingerprint density at radius 2 is 1.77 bits per heavy atom. The number of nitrogens with zero attached hydrogens (tertiary/aromatic N) is 5. The molecule has 2 aliphatic rings. The molecule has 3 aromatic rings. The number of carbonyl (C=O) groups is 1. The molecule has 0 amide bonds. The van der Waals surface area contributed by atoms with E-state index in [0.717, 1.165) is 60.5 Å². The minimum absolute atomic E-state index is 0.206. The van der Waals surface area contributed by atoms with Gasteiger partial charge in [-0.3, -0.25) is 13.9 Å². The van der Waals surface area contributed by atoms with E-state index in [1.54, 1.807) is 25.2 Å². The molecule has 206 valence electrons. The van der Waals surface area contributed by atoms with E-state index in [1.807, 2.05) is 18.2 Å². The third-order valence-electron chi connectivity index (χ3n) is 7.48. The molecule has 0 spiro atoms. The van der Waals surface area contributed by atoms with Crippen molar-refractivity contribution < 1.29 is 14.6 Å². The monoisotopic (exact) mass is 553 g/mol.